The molecule has 1 amide bonds. The van der Waals surface area contributed by atoms with Crippen molar-refractivity contribution in [2.75, 3.05) is 7.11 Å². The van der Waals surface area contributed by atoms with E-state index in [1.165, 1.54) is 7.11 Å². The summed E-state index contributed by atoms with van der Waals surface area (Å²) < 4.78 is 4.32. The average molecular weight is 185 g/mol. The van der Waals surface area contributed by atoms with Crippen molar-refractivity contribution in [1.29, 1.82) is 0 Å². The topological polar surface area (TPSA) is 55.4 Å². The van der Waals surface area contributed by atoms with Crippen molar-refractivity contribution < 1.29 is 14.3 Å². The molecule has 74 valence electrons. The first-order valence-corrected chi connectivity index (χ1v) is 3.93. The molecule has 0 aliphatic rings. The van der Waals surface area contributed by atoms with Gasteiger partial charge in [-0.25, -0.2) is 4.79 Å². The highest BCUT2D eigenvalue weighted by molar-refractivity contribution is 5.94. The van der Waals surface area contributed by atoms with Crippen LogP contribution in [0.15, 0.2) is 12.2 Å². The molecule has 0 atom stereocenters. The molecule has 0 saturated carbocycles. The molecule has 13 heavy (non-hydrogen) atoms. The molecule has 4 nitrogen and oxygen atoms in total. The van der Waals surface area contributed by atoms with Crippen LogP contribution in [-0.2, 0) is 14.3 Å². The molecule has 1 N–H and O–H groups in total. The zero-order valence-corrected chi connectivity index (χ0v) is 8.38. The minimum Gasteiger partial charge on any atom is -0.466 e. The van der Waals surface area contributed by atoms with E-state index in [0.29, 0.717) is 0 Å². The van der Waals surface area contributed by atoms with E-state index in [1.54, 1.807) is 0 Å². The highest BCUT2D eigenvalue weighted by Gasteiger charge is 2.11. The Morgan fingerprint density at radius 3 is 2.15 bits per heavy atom. The lowest BCUT2D eigenvalue weighted by atomic mass is 10.1. The van der Waals surface area contributed by atoms with Gasteiger partial charge in [0.15, 0.2) is 0 Å². The van der Waals surface area contributed by atoms with Gasteiger partial charge in [0.1, 0.15) is 0 Å². The predicted octanol–water partition coefficient (Wildman–Crippen LogP) is 0.630. The first-order valence-electron chi connectivity index (χ1n) is 3.93. The zero-order chi connectivity index (χ0) is 10.5. The summed E-state index contributed by atoms with van der Waals surface area (Å²) in [6.45, 7) is 5.57. The summed E-state index contributed by atoms with van der Waals surface area (Å²) >= 11 is 0. The predicted molar refractivity (Wildman–Crippen MR) is 49.1 cm³/mol. The van der Waals surface area contributed by atoms with E-state index in [1.807, 2.05) is 20.8 Å². The first kappa shape index (κ1) is 11.7. The lowest BCUT2D eigenvalue weighted by Crippen LogP contribution is -2.39. The van der Waals surface area contributed by atoms with E-state index in [0.717, 1.165) is 12.2 Å². The second kappa shape index (κ2) is 4.64. The minimum absolute atomic E-state index is 0.294. The Labute approximate surface area is 78.0 Å². The smallest absolute Gasteiger partial charge is 0.330 e. The molecule has 0 aromatic rings. The number of methoxy groups -OCH3 is 1. The molecular formula is C9H15NO3. The van der Waals surface area contributed by atoms with Crippen molar-refractivity contribution in [3.63, 3.8) is 0 Å². The zero-order valence-electron chi connectivity index (χ0n) is 8.38. The fourth-order valence-corrected chi connectivity index (χ4v) is 0.623. The normalized spacial score (nSPS) is 11.4. The standard InChI is InChI=1S/C9H15NO3/c1-9(2,3)10-7(11)5-6-8(12)13-4/h5-6H,1-4H3,(H,10,11)/b6-5+. The van der Waals surface area contributed by atoms with Crippen molar-refractivity contribution in [2.24, 2.45) is 0 Å². The van der Waals surface area contributed by atoms with Crippen molar-refractivity contribution in [3.05, 3.63) is 12.2 Å². The number of hydrogen-bond donors (Lipinski definition) is 1. The Kier molecular flexibility index (Phi) is 4.17. The van der Waals surface area contributed by atoms with Gasteiger partial charge in [0.05, 0.1) is 7.11 Å². The Bertz CT molecular complexity index is 226. The molecule has 0 saturated heterocycles. The number of nitrogens with one attached hydrogen (secondary N) is 1. The van der Waals surface area contributed by atoms with Crippen molar-refractivity contribution in [2.45, 2.75) is 26.3 Å². The van der Waals surface area contributed by atoms with Gasteiger partial charge in [-0.05, 0) is 20.8 Å². The van der Waals surface area contributed by atoms with E-state index < -0.39 is 5.97 Å². The third-order valence-corrected chi connectivity index (χ3v) is 1.07. The molecule has 0 aromatic heterocycles. The van der Waals surface area contributed by atoms with Gasteiger partial charge in [0.2, 0.25) is 5.91 Å². The van der Waals surface area contributed by atoms with Crippen LogP contribution >= 0.6 is 0 Å². The monoisotopic (exact) mass is 185 g/mol. The second-order valence-electron chi connectivity index (χ2n) is 3.60. The quantitative estimate of drug-likeness (QED) is 0.507. The molecule has 0 bridgehead atoms. The second-order valence-corrected chi connectivity index (χ2v) is 3.60. The fourth-order valence-electron chi connectivity index (χ4n) is 0.623. The largest absolute Gasteiger partial charge is 0.466 e. The molecular weight excluding hydrogens is 170 g/mol. The number of carbonyl (C=O) groups excluding carboxylic acids is 2. The van der Waals surface area contributed by atoms with Gasteiger partial charge in [-0.2, -0.15) is 0 Å². The summed E-state index contributed by atoms with van der Waals surface area (Å²) in [6, 6.07) is 0. The molecule has 0 heterocycles. The van der Waals surface area contributed by atoms with Crippen LogP contribution in [-0.4, -0.2) is 24.5 Å². The summed E-state index contributed by atoms with van der Waals surface area (Å²) in [5, 5.41) is 2.67. The molecule has 0 unspecified atom stereocenters. The first-order chi connectivity index (χ1) is 5.85. The van der Waals surface area contributed by atoms with Gasteiger partial charge in [0, 0.05) is 17.7 Å². The SMILES string of the molecule is COC(=O)/C=C/C(=O)NC(C)(C)C. The lowest BCUT2D eigenvalue weighted by Gasteiger charge is -2.18. The summed E-state index contributed by atoms with van der Waals surface area (Å²) in [4.78, 5) is 21.7. The number of ether oxygens (including phenoxy) is 1. The van der Waals surface area contributed by atoms with Gasteiger partial charge in [-0.1, -0.05) is 0 Å². The lowest BCUT2D eigenvalue weighted by molar-refractivity contribution is -0.135. The third-order valence-electron chi connectivity index (χ3n) is 1.07. The van der Waals surface area contributed by atoms with E-state index >= 15 is 0 Å². The van der Waals surface area contributed by atoms with Crippen LogP contribution in [0.5, 0.6) is 0 Å². The van der Waals surface area contributed by atoms with Crippen molar-refractivity contribution in [1.82, 2.24) is 5.32 Å². The van der Waals surface area contributed by atoms with Crippen molar-refractivity contribution in [3.8, 4) is 0 Å². The van der Waals surface area contributed by atoms with Crippen LogP contribution in [0.25, 0.3) is 0 Å². The van der Waals surface area contributed by atoms with Crippen LogP contribution in [0, 0.1) is 0 Å². The minimum atomic E-state index is -0.538. The maximum Gasteiger partial charge on any atom is 0.330 e. The molecule has 0 aromatic carbocycles. The molecule has 0 radical (unpaired) electrons. The van der Waals surface area contributed by atoms with Crippen LogP contribution in [0.1, 0.15) is 20.8 Å². The van der Waals surface area contributed by atoms with Crippen LogP contribution in [0.3, 0.4) is 0 Å². The molecule has 0 aliphatic heterocycles. The maximum atomic E-state index is 11.1. The third kappa shape index (κ3) is 7.05. The fraction of sp³-hybridized carbons (Fsp3) is 0.556. The molecule has 0 spiro atoms. The van der Waals surface area contributed by atoms with Crippen LogP contribution in [0.2, 0.25) is 0 Å². The summed E-state index contributed by atoms with van der Waals surface area (Å²) in [5.74, 6) is -0.845. The molecule has 0 rings (SSSR count). The number of carbonyl (C=O) groups is 2. The van der Waals surface area contributed by atoms with Crippen molar-refractivity contribution >= 4 is 11.9 Å². The summed E-state index contributed by atoms with van der Waals surface area (Å²) in [5.41, 5.74) is -0.294. The van der Waals surface area contributed by atoms with Gasteiger partial charge in [0.25, 0.3) is 0 Å². The Morgan fingerprint density at radius 2 is 1.77 bits per heavy atom. The number of hydrogen-bond acceptors (Lipinski definition) is 3. The maximum absolute atomic E-state index is 11.1. The number of esters is 1. The van der Waals surface area contributed by atoms with Crippen LogP contribution < -0.4 is 5.32 Å². The van der Waals surface area contributed by atoms with Gasteiger partial charge < -0.3 is 10.1 Å². The Hall–Kier alpha value is -1.32. The Morgan fingerprint density at radius 1 is 1.23 bits per heavy atom. The summed E-state index contributed by atoms with van der Waals surface area (Å²) in [6.07, 6.45) is 2.23. The van der Waals surface area contributed by atoms with E-state index in [-0.39, 0.29) is 11.4 Å². The molecule has 0 fully saturated rings. The highest BCUT2D eigenvalue weighted by atomic mass is 16.5. The number of rotatable bonds is 2. The van der Waals surface area contributed by atoms with Gasteiger partial charge in [-0.3, -0.25) is 4.79 Å². The Balaban J connectivity index is 4.02. The van der Waals surface area contributed by atoms with Crippen LogP contribution in [0.4, 0.5) is 0 Å². The van der Waals surface area contributed by atoms with E-state index in [2.05, 4.69) is 10.1 Å². The summed E-state index contributed by atoms with van der Waals surface area (Å²) in [7, 11) is 1.26. The van der Waals surface area contributed by atoms with Gasteiger partial charge >= 0.3 is 5.97 Å². The van der Waals surface area contributed by atoms with Gasteiger partial charge in [-0.15, -0.1) is 0 Å². The van der Waals surface area contributed by atoms with E-state index in [9.17, 15) is 9.59 Å². The highest BCUT2D eigenvalue weighted by Crippen LogP contribution is 1.97. The average Bonchev–Trinajstić information content (AvgIpc) is 1.97. The number of amides is 1. The molecule has 0 aliphatic carbocycles. The van der Waals surface area contributed by atoms with E-state index in [4.69, 9.17) is 0 Å². The molecule has 4 heteroatoms.